The maximum Gasteiger partial charge on any atom is 0.254 e. The zero-order chi connectivity index (χ0) is 18.8. The number of aliphatic hydroxyl groups is 1. The third-order valence-electron chi connectivity index (χ3n) is 4.88. The molecule has 0 bridgehead atoms. The predicted octanol–water partition coefficient (Wildman–Crippen LogP) is 2.16. The molecular formula is C19H22N6O2. The number of hydrogen-bond acceptors (Lipinski definition) is 5. The molecule has 3 aromatic rings. The van der Waals surface area contributed by atoms with Crippen LogP contribution in [0.3, 0.4) is 0 Å². The SMILES string of the molecule is CC[C@H](O)c1cc2n(n1)CCCN(C(=O)c1ccccc1-c1ncn[nH]1)C2. The van der Waals surface area contributed by atoms with E-state index in [0.29, 0.717) is 36.6 Å². The van der Waals surface area contributed by atoms with Gasteiger partial charge in [0.05, 0.1) is 29.6 Å². The van der Waals surface area contributed by atoms with Crippen molar-refractivity contribution in [1.82, 2.24) is 29.9 Å². The molecule has 1 aromatic carbocycles. The molecule has 1 atom stereocenters. The first-order chi connectivity index (χ1) is 13.2. The molecule has 1 aliphatic rings. The number of aromatic nitrogens is 5. The second-order valence-corrected chi connectivity index (χ2v) is 6.67. The number of fused-ring (bicyclic) bond motifs is 1. The number of aliphatic hydroxyl groups excluding tert-OH is 1. The fourth-order valence-electron chi connectivity index (χ4n) is 3.41. The van der Waals surface area contributed by atoms with Gasteiger partial charge in [-0.05, 0) is 25.0 Å². The number of benzene rings is 1. The molecule has 2 aromatic heterocycles. The Morgan fingerprint density at radius 2 is 2.19 bits per heavy atom. The summed E-state index contributed by atoms with van der Waals surface area (Å²) in [5, 5.41) is 21.3. The highest BCUT2D eigenvalue weighted by Gasteiger charge is 2.25. The van der Waals surface area contributed by atoms with Crippen molar-refractivity contribution < 1.29 is 9.90 Å². The molecule has 3 heterocycles. The van der Waals surface area contributed by atoms with Gasteiger partial charge in [0.2, 0.25) is 0 Å². The standard InChI is InChI=1S/C19H22N6O2/c1-2-17(26)16-10-13-11-24(8-5-9-25(13)23-16)19(27)15-7-4-3-6-14(15)18-20-12-21-22-18/h3-4,6-7,10,12,17,26H,2,5,8-9,11H2,1H3,(H,20,21,22)/t17-/m0/s1. The Labute approximate surface area is 156 Å². The van der Waals surface area contributed by atoms with Gasteiger partial charge in [0.1, 0.15) is 6.33 Å². The Morgan fingerprint density at radius 3 is 2.96 bits per heavy atom. The van der Waals surface area contributed by atoms with Gasteiger partial charge in [-0.15, -0.1) is 0 Å². The summed E-state index contributed by atoms with van der Waals surface area (Å²) in [7, 11) is 0. The Bertz CT molecular complexity index is 934. The van der Waals surface area contributed by atoms with Crippen LogP contribution in [0.25, 0.3) is 11.4 Å². The van der Waals surface area contributed by atoms with Gasteiger partial charge >= 0.3 is 0 Å². The minimum atomic E-state index is -0.569. The second kappa shape index (κ2) is 7.32. The van der Waals surface area contributed by atoms with Crippen LogP contribution in [0.4, 0.5) is 0 Å². The third kappa shape index (κ3) is 3.35. The number of amides is 1. The van der Waals surface area contributed by atoms with Gasteiger partial charge in [0.15, 0.2) is 5.82 Å². The first kappa shape index (κ1) is 17.4. The van der Waals surface area contributed by atoms with Gasteiger partial charge in [0.25, 0.3) is 5.91 Å². The van der Waals surface area contributed by atoms with Crippen molar-refractivity contribution in [1.29, 1.82) is 0 Å². The molecule has 4 rings (SSSR count). The van der Waals surface area contributed by atoms with E-state index in [0.717, 1.165) is 24.2 Å². The van der Waals surface area contributed by atoms with Crippen LogP contribution >= 0.6 is 0 Å². The molecule has 27 heavy (non-hydrogen) atoms. The van der Waals surface area contributed by atoms with E-state index in [1.807, 2.05) is 46.8 Å². The molecule has 8 heteroatoms. The summed E-state index contributed by atoms with van der Waals surface area (Å²) in [6.07, 6.45) is 2.29. The molecule has 2 N–H and O–H groups in total. The summed E-state index contributed by atoms with van der Waals surface area (Å²) in [4.78, 5) is 19.3. The van der Waals surface area contributed by atoms with Crippen LogP contribution in [0, 0.1) is 0 Å². The molecule has 0 unspecified atom stereocenters. The van der Waals surface area contributed by atoms with E-state index in [2.05, 4.69) is 20.3 Å². The third-order valence-corrected chi connectivity index (χ3v) is 4.88. The molecule has 8 nitrogen and oxygen atoms in total. The Hall–Kier alpha value is -3.00. The smallest absolute Gasteiger partial charge is 0.254 e. The number of H-pyrrole nitrogens is 1. The molecule has 0 fully saturated rings. The van der Waals surface area contributed by atoms with Crippen molar-refractivity contribution in [2.75, 3.05) is 6.54 Å². The highest BCUT2D eigenvalue weighted by molar-refractivity contribution is 6.00. The average molecular weight is 366 g/mol. The lowest BCUT2D eigenvalue weighted by Gasteiger charge is -2.21. The van der Waals surface area contributed by atoms with Crippen molar-refractivity contribution in [3.05, 3.63) is 53.6 Å². The van der Waals surface area contributed by atoms with Gasteiger partial charge in [0, 0.05) is 18.7 Å². The van der Waals surface area contributed by atoms with E-state index in [4.69, 9.17) is 0 Å². The minimum Gasteiger partial charge on any atom is -0.387 e. The summed E-state index contributed by atoms with van der Waals surface area (Å²) in [5.41, 5.74) is 2.94. The van der Waals surface area contributed by atoms with Gasteiger partial charge in [-0.2, -0.15) is 10.2 Å². The fraction of sp³-hybridized carbons (Fsp3) is 0.368. The topological polar surface area (TPSA) is 99.9 Å². The minimum absolute atomic E-state index is 0.0470. The summed E-state index contributed by atoms with van der Waals surface area (Å²) in [6, 6.07) is 9.32. The Morgan fingerprint density at radius 1 is 1.33 bits per heavy atom. The largest absolute Gasteiger partial charge is 0.387 e. The lowest BCUT2D eigenvalue weighted by molar-refractivity contribution is 0.0746. The predicted molar refractivity (Wildman–Crippen MR) is 98.7 cm³/mol. The van der Waals surface area contributed by atoms with Crippen molar-refractivity contribution in [3.8, 4) is 11.4 Å². The fourth-order valence-corrected chi connectivity index (χ4v) is 3.41. The van der Waals surface area contributed by atoms with Crippen LogP contribution in [-0.2, 0) is 13.1 Å². The summed E-state index contributed by atoms with van der Waals surface area (Å²) >= 11 is 0. The van der Waals surface area contributed by atoms with Gasteiger partial charge in [-0.25, -0.2) is 4.98 Å². The molecule has 0 aliphatic carbocycles. The van der Waals surface area contributed by atoms with Crippen molar-refractivity contribution in [2.45, 2.75) is 39.0 Å². The average Bonchev–Trinajstić information content (AvgIpc) is 3.33. The lowest BCUT2D eigenvalue weighted by atomic mass is 10.1. The molecule has 1 aliphatic heterocycles. The maximum absolute atomic E-state index is 13.3. The highest BCUT2D eigenvalue weighted by Crippen LogP contribution is 2.24. The van der Waals surface area contributed by atoms with E-state index in [1.54, 1.807) is 0 Å². The first-order valence-electron chi connectivity index (χ1n) is 9.16. The molecular weight excluding hydrogens is 344 g/mol. The van der Waals surface area contributed by atoms with Crippen LogP contribution in [0.1, 0.15) is 47.6 Å². The van der Waals surface area contributed by atoms with Crippen LogP contribution in [0.2, 0.25) is 0 Å². The van der Waals surface area contributed by atoms with E-state index in [-0.39, 0.29) is 5.91 Å². The van der Waals surface area contributed by atoms with Crippen molar-refractivity contribution in [2.24, 2.45) is 0 Å². The number of nitrogens with one attached hydrogen (secondary N) is 1. The van der Waals surface area contributed by atoms with Gasteiger partial charge in [-0.3, -0.25) is 14.6 Å². The van der Waals surface area contributed by atoms with E-state index in [9.17, 15) is 9.90 Å². The zero-order valence-corrected chi connectivity index (χ0v) is 15.2. The van der Waals surface area contributed by atoms with Gasteiger partial charge < -0.3 is 10.0 Å². The van der Waals surface area contributed by atoms with Crippen LogP contribution in [0.5, 0.6) is 0 Å². The van der Waals surface area contributed by atoms with Crippen molar-refractivity contribution >= 4 is 5.91 Å². The number of hydrogen-bond donors (Lipinski definition) is 2. The summed E-state index contributed by atoms with van der Waals surface area (Å²) in [6.45, 7) is 3.77. The van der Waals surface area contributed by atoms with E-state index in [1.165, 1.54) is 6.33 Å². The lowest BCUT2D eigenvalue weighted by Crippen LogP contribution is -2.31. The van der Waals surface area contributed by atoms with Crippen molar-refractivity contribution in [3.63, 3.8) is 0 Å². The molecule has 0 saturated carbocycles. The number of carbonyl (C=O) groups is 1. The molecule has 0 saturated heterocycles. The number of carbonyl (C=O) groups excluding carboxylic acids is 1. The molecule has 1 amide bonds. The number of rotatable bonds is 4. The van der Waals surface area contributed by atoms with E-state index < -0.39 is 6.10 Å². The van der Waals surface area contributed by atoms with Crippen LogP contribution < -0.4 is 0 Å². The molecule has 0 spiro atoms. The number of aromatic amines is 1. The number of nitrogens with zero attached hydrogens (tertiary/aromatic N) is 5. The quantitative estimate of drug-likeness (QED) is 0.737. The monoisotopic (exact) mass is 366 g/mol. The normalized spacial score (nSPS) is 15.3. The Balaban J connectivity index is 1.63. The molecule has 0 radical (unpaired) electrons. The van der Waals surface area contributed by atoms with Crippen LogP contribution in [0.15, 0.2) is 36.7 Å². The zero-order valence-electron chi connectivity index (χ0n) is 15.2. The highest BCUT2D eigenvalue weighted by atomic mass is 16.3. The number of aryl methyl sites for hydroxylation is 1. The first-order valence-corrected chi connectivity index (χ1v) is 9.16. The van der Waals surface area contributed by atoms with Crippen LogP contribution in [-0.4, -0.2) is 47.4 Å². The second-order valence-electron chi connectivity index (χ2n) is 6.67. The van der Waals surface area contributed by atoms with Gasteiger partial charge in [-0.1, -0.05) is 25.1 Å². The van der Waals surface area contributed by atoms with E-state index >= 15 is 0 Å². The summed E-state index contributed by atoms with van der Waals surface area (Å²) in [5.74, 6) is 0.529. The maximum atomic E-state index is 13.3. The summed E-state index contributed by atoms with van der Waals surface area (Å²) < 4.78 is 1.91. The molecule has 140 valence electrons. The Kier molecular flexibility index (Phi) is 4.72.